The molecule has 0 fully saturated rings. The molecule has 1 atom stereocenters. The quantitative estimate of drug-likeness (QED) is 0.572. The van der Waals surface area contributed by atoms with Crippen molar-refractivity contribution in [2.24, 2.45) is 0 Å². The highest BCUT2D eigenvalue weighted by Crippen LogP contribution is 2.36. The fraction of sp³-hybridized carbons (Fsp3) is 0.300. The number of alkyl halides is 4. The van der Waals surface area contributed by atoms with Crippen LogP contribution in [-0.4, -0.2) is 15.0 Å². The first-order chi connectivity index (χ1) is 7.30. The predicted molar refractivity (Wildman–Crippen MR) is 70.3 cm³/mol. The Hall–Kier alpha value is 0.340. The van der Waals surface area contributed by atoms with Gasteiger partial charge in [0, 0.05) is 17.0 Å². The Morgan fingerprint density at radius 1 is 1.19 bits per heavy atom. The smallest absolute Gasteiger partial charge is 0.207 e. The van der Waals surface area contributed by atoms with Crippen molar-refractivity contribution in [2.75, 3.05) is 0 Å². The van der Waals surface area contributed by atoms with Crippen LogP contribution in [0.5, 0.6) is 0 Å². The molecule has 0 heterocycles. The maximum Gasteiger partial charge on any atom is 0.207 e. The van der Waals surface area contributed by atoms with Crippen LogP contribution >= 0.6 is 58.0 Å². The second-order valence-electron chi connectivity index (χ2n) is 3.14. The molecule has 0 aromatic heterocycles. The number of halogens is 5. The summed E-state index contributed by atoms with van der Waals surface area (Å²) in [6.45, 7) is 0. The molecule has 1 nitrogen and oxygen atoms in total. The van der Waals surface area contributed by atoms with E-state index < -0.39 is 9.17 Å². The van der Waals surface area contributed by atoms with E-state index in [0.29, 0.717) is 10.6 Å². The first kappa shape index (κ1) is 14.4. The molecule has 16 heavy (non-hydrogen) atoms. The van der Waals surface area contributed by atoms with Gasteiger partial charge in [-0.05, 0) is 24.3 Å². The van der Waals surface area contributed by atoms with Gasteiger partial charge in [0.1, 0.15) is 0 Å². The molecule has 88 valence electrons. The lowest BCUT2D eigenvalue weighted by Crippen LogP contribution is -2.22. The third kappa shape index (κ3) is 4.31. The number of hydrogen-bond donors (Lipinski definition) is 0. The topological polar surface area (TPSA) is 17.1 Å². The minimum Gasteiger partial charge on any atom is -0.294 e. The van der Waals surface area contributed by atoms with Crippen molar-refractivity contribution >= 4 is 63.8 Å². The first-order valence-electron chi connectivity index (χ1n) is 4.30. The van der Waals surface area contributed by atoms with E-state index in [4.69, 9.17) is 58.0 Å². The van der Waals surface area contributed by atoms with E-state index in [0.717, 1.165) is 0 Å². The lowest BCUT2D eigenvalue weighted by Gasteiger charge is -2.16. The summed E-state index contributed by atoms with van der Waals surface area (Å²) in [5, 5.41) is -0.305. The molecular formula is C10H7Cl5O. The van der Waals surface area contributed by atoms with Crippen molar-refractivity contribution in [1.82, 2.24) is 0 Å². The monoisotopic (exact) mass is 318 g/mol. The van der Waals surface area contributed by atoms with Crippen LogP contribution in [0.3, 0.4) is 0 Å². The second kappa shape index (κ2) is 5.79. The zero-order valence-corrected chi connectivity index (χ0v) is 11.7. The van der Waals surface area contributed by atoms with Gasteiger partial charge in [-0.25, -0.2) is 0 Å². The van der Waals surface area contributed by atoms with Crippen LogP contribution in [0, 0.1) is 0 Å². The van der Waals surface area contributed by atoms with E-state index in [1.54, 1.807) is 24.3 Å². The van der Waals surface area contributed by atoms with Gasteiger partial charge in [-0.2, -0.15) is 0 Å². The van der Waals surface area contributed by atoms with Gasteiger partial charge in [0.2, 0.25) is 3.79 Å². The van der Waals surface area contributed by atoms with Crippen LogP contribution in [0.25, 0.3) is 0 Å². The molecule has 1 aromatic carbocycles. The largest absolute Gasteiger partial charge is 0.294 e. The van der Waals surface area contributed by atoms with Gasteiger partial charge in [-0.1, -0.05) is 46.4 Å². The van der Waals surface area contributed by atoms with Gasteiger partial charge in [-0.3, -0.25) is 4.79 Å². The average molecular weight is 320 g/mol. The Balaban J connectivity index is 2.70. The number of Topliss-reactive ketones (excluding diaryl/α,β-unsaturated/α-hetero) is 1. The van der Waals surface area contributed by atoms with E-state index in [-0.39, 0.29) is 12.2 Å². The Bertz CT molecular complexity index is 368. The molecule has 0 unspecified atom stereocenters. The molecule has 0 aliphatic rings. The molecule has 0 saturated carbocycles. The molecule has 1 aromatic rings. The van der Waals surface area contributed by atoms with Crippen molar-refractivity contribution in [3.8, 4) is 0 Å². The Kier molecular flexibility index (Phi) is 5.21. The molecule has 0 bridgehead atoms. The Morgan fingerprint density at radius 2 is 1.69 bits per heavy atom. The van der Waals surface area contributed by atoms with Crippen molar-refractivity contribution < 1.29 is 4.79 Å². The number of ketones is 1. The van der Waals surface area contributed by atoms with E-state index in [1.807, 2.05) is 0 Å². The number of benzene rings is 1. The molecule has 0 aliphatic carbocycles. The maximum atomic E-state index is 11.7. The summed E-state index contributed by atoms with van der Waals surface area (Å²) in [4.78, 5) is 11.7. The van der Waals surface area contributed by atoms with Crippen molar-refractivity contribution in [2.45, 2.75) is 15.6 Å². The summed E-state index contributed by atoms with van der Waals surface area (Å²) < 4.78 is -1.65. The molecular weight excluding hydrogens is 313 g/mol. The van der Waals surface area contributed by atoms with Gasteiger partial charge in [0.25, 0.3) is 0 Å². The fourth-order valence-electron chi connectivity index (χ4n) is 1.03. The lowest BCUT2D eigenvalue weighted by atomic mass is 10.1. The van der Waals surface area contributed by atoms with Crippen molar-refractivity contribution in [3.05, 3.63) is 34.9 Å². The SMILES string of the molecule is O=C(C[C@@H](Cl)C(Cl)(Cl)Cl)c1ccc(Cl)cc1. The number of hydrogen-bond acceptors (Lipinski definition) is 1. The molecule has 0 aliphatic heterocycles. The normalized spacial score (nSPS) is 13.6. The molecule has 6 heteroatoms. The Labute approximate surface area is 119 Å². The minimum atomic E-state index is -1.65. The fourth-order valence-corrected chi connectivity index (χ4v) is 1.53. The van der Waals surface area contributed by atoms with Crippen LogP contribution in [0.1, 0.15) is 16.8 Å². The van der Waals surface area contributed by atoms with E-state index in [2.05, 4.69) is 0 Å². The zero-order valence-electron chi connectivity index (χ0n) is 7.89. The van der Waals surface area contributed by atoms with E-state index in [9.17, 15) is 4.79 Å². The molecule has 0 spiro atoms. The second-order valence-corrected chi connectivity index (χ2v) is 6.48. The van der Waals surface area contributed by atoms with Crippen molar-refractivity contribution in [3.63, 3.8) is 0 Å². The highest BCUT2D eigenvalue weighted by molar-refractivity contribution is 6.70. The summed E-state index contributed by atoms with van der Waals surface area (Å²) in [6, 6.07) is 6.44. The van der Waals surface area contributed by atoms with Crippen molar-refractivity contribution in [1.29, 1.82) is 0 Å². The minimum absolute atomic E-state index is 0.0420. The predicted octanol–water partition coefficient (Wildman–Crippen LogP) is 4.89. The molecule has 1 rings (SSSR count). The van der Waals surface area contributed by atoms with Crippen LogP contribution in [0.15, 0.2) is 24.3 Å². The average Bonchev–Trinajstić information content (AvgIpc) is 2.17. The molecule has 0 amide bonds. The van der Waals surface area contributed by atoms with Gasteiger partial charge >= 0.3 is 0 Å². The van der Waals surface area contributed by atoms with Gasteiger partial charge in [0.05, 0.1) is 5.38 Å². The standard InChI is InChI=1S/C10H7Cl5O/c11-7-3-1-6(2-4-7)8(16)5-9(12)10(13,14)15/h1-4,9H,5H2/t9-/m1/s1. The van der Waals surface area contributed by atoms with Crippen LogP contribution < -0.4 is 0 Å². The first-order valence-corrected chi connectivity index (χ1v) is 6.25. The lowest BCUT2D eigenvalue weighted by molar-refractivity contribution is 0.0981. The molecule has 0 saturated heterocycles. The summed E-state index contributed by atoms with van der Waals surface area (Å²) >= 11 is 28.2. The highest BCUT2D eigenvalue weighted by Gasteiger charge is 2.32. The highest BCUT2D eigenvalue weighted by atomic mass is 35.6. The molecule has 0 N–H and O–H groups in total. The number of carbonyl (C=O) groups is 1. The van der Waals surface area contributed by atoms with Crippen LogP contribution in [0.4, 0.5) is 0 Å². The third-order valence-electron chi connectivity index (χ3n) is 1.89. The zero-order chi connectivity index (χ0) is 12.3. The number of rotatable bonds is 3. The van der Waals surface area contributed by atoms with E-state index in [1.165, 1.54) is 0 Å². The van der Waals surface area contributed by atoms with Crippen LogP contribution in [0.2, 0.25) is 5.02 Å². The summed E-state index contributed by atoms with van der Waals surface area (Å²) in [6.07, 6.45) is -0.0420. The third-order valence-corrected chi connectivity index (χ3v) is 3.74. The van der Waals surface area contributed by atoms with Crippen LogP contribution in [-0.2, 0) is 0 Å². The summed E-state index contributed by atoms with van der Waals surface area (Å²) in [5.74, 6) is -0.192. The number of carbonyl (C=O) groups excluding carboxylic acids is 1. The molecule has 0 radical (unpaired) electrons. The van der Waals surface area contributed by atoms with E-state index >= 15 is 0 Å². The van der Waals surface area contributed by atoms with Gasteiger partial charge < -0.3 is 0 Å². The van der Waals surface area contributed by atoms with Gasteiger partial charge in [0.15, 0.2) is 5.78 Å². The summed E-state index contributed by atoms with van der Waals surface area (Å²) in [5.41, 5.74) is 0.490. The maximum absolute atomic E-state index is 11.7. The summed E-state index contributed by atoms with van der Waals surface area (Å²) in [7, 11) is 0. The van der Waals surface area contributed by atoms with Gasteiger partial charge in [-0.15, -0.1) is 11.6 Å². The Morgan fingerprint density at radius 3 is 2.12 bits per heavy atom.